The van der Waals surface area contributed by atoms with Gasteiger partial charge in [-0.3, -0.25) is 19.6 Å². The number of hydroxylamine groups is 2. The zero-order valence-electron chi connectivity index (χ0n) is 16.0. The van der Waals surface area contributed by atoms with E-state index in [4.69, 9.17) is 0 Å². The van der Waals surface area contributed by atoms with Crippen LogP contribution in [0.2, 0.25) is 0 Å². The zero-order valence-corrected chi connectivity index (χ0v) is 16.0. The molecule has 25 heavy (non-hydrogen) atoms. The summed E-state index contributed by atoms with van der Waals surface area (Å²) in [6, 6.07) is -0.620. The van der Waals surface area contributed by atoms with Crippen molar-refractivity contribution in [3.05, 3.63) is 0 Å². The minimum atomic E-state index is -0.620. The van der Waals surface area contributed by atoms with Gasteiger partial charge in [-0.25, -0.2) is 5.06 Å². The molecule has 2 atom stereocenters. The van der Waals surface area contributed by atoms with Crippen LogP contribution in [0.15, 0.2) is 0 Å². The molecule has 1 aliphatic rings. The highest BCUT2D eigenvalue weighted by molar-refractivity contribution is 5.89. The van der Waals surface area contributed by atoms with Gasteiger partial charge in [0.25, 0.3) is 0 Å². The Labute approximate surface area is 150 Å². The molecule has 1 heterocycles. The molecule has 1 fully saturated rings. The van der Waals surface area contributed by atoms with Crippen molar-refractivity contribution in [3.63, 3.8) is 0 Å². The van der Waals surface area contributed by atoms with Gasteiger partial charge in [0.2, 0.25) is 18.2 Å². The Morgan fingerprint density at radius 2 is 1.88 bits per heavy atom. The van der Waals surface area contributed by atoms with Gasteiger partial charge in [-0.1, -0.05) is 40.5 Å². The summed E-state index contributed by atoms with van der Waals surface area (Å²) < 4.78 is 0. The summed E-state index contributed by atoms with van der Waals surface area (Å²) in [4.78, 5) is 38.1. The van der Waals surface area contributed by atoms with E-state index in [-0.39, 0.29) is 18.4 Å². The normalized spacial score (nSPS) is 17.1. The number of unbranched alkanes of at least 4 members (excludes halogenated alkanes) is 1. The van der Waals surface area contributed by atoms with Crippen molar-refractivity contribution in [3.8, 4) is 0 Å². The second-order valence-electron chi connectivity index (χ2n) is 7.91. The lowest BCUT2D eigenvalue weighted by molar-refractivity contribution is -0.155. The fourth-order valence-corrected chi connectivity index (χ4v) is 3.05. The summed E-state index contributed by atoms with van der Waals surface area (Å²) in [7, 11) is 0. The zero-order chi connectivity index (χ0) is 19.0. The first kappa shape index (κ1) is 21.4. The minimum absolute atomic E-state index is 0.0520. The van der Waals surface area contributed by atoms with Crippen molar-refractivity contribution >= 4 is 18.2 Å². The summed E-state index contributed by atoms with van der Waals surface area (Å²) in [5, 5.41) is 12.8. The van der Waals surface area contributed by atoms with Gasteiger partial charge in [0, 0.05) is 13.1 Å². The molecule has 0 saturated carbocycles. The van der Waals surface area contributed by atoms with E-state index in [2.05, 4.69) is 5.32 Å². The van der Waals surface area contributed by atoms with E-state index in [1.807, 2.05) is 27.7 Å². The van der Waals surface area contributed by atoms with Crippen LogP contribution >= 0.6 is 0 Å². The number of hydrogen-bond donors (Lipinski definition) is 2. The van der Waals surface area contributed by atoms with Crippen molar-refractivity contribution in [1.82, 2.24) is 15.3 Å². The molecule has 2 N–H and O–H groups in total. The quantitative estimate of drug-likeness (QED) is 0.375. The maximum Gasteiger partial charge on any atom is 0.245 e. The average Bonchev–Trinajstić information content (AvgIpc) is 3.08. The summed E-state index contributed by atoms with van der Waals surface area (Å²) in [5.41, 5.74) is -0.422. The first-order valence-corrected chi connectivity index (χ1v) is 9.20. The molecule has 1 saturated heterocycles. The first-order valence-electron chi connectivity index (χ1n) is 9.20. The summed E-state index contributed by atoms with van der Waals surface area (Å²) in [6.07, 6.45) is 4.56. The monoisotopic (exact) mass is 355 g/mol. The van der Waals surface area contributed by atoms with Crippen LogP contribution in [0.25, 0.3) is 0 Å². The molecule has 0 aliphatic carbocycles. The molecule has 0 bridgehead atoms. The highest BCUT2D eigenvalue weighted by Crippen LogP contribution is 2.24. The number of nitrogens with zero attached hydrogens (tertiary/aromatic N) is 2. The lowest BCUT2D eigenvalue weighted by atomic mass is 9.85. The molecule has 1 aliphatic heterocycles. The molecule has 7 nitrogen and oxygen atoms in total. The Balaban J connectivity index is 2.85. The molecule has 0 spiro atoms. The first-order chi connectivity index (χ1) is 11.7. The number of carbonyl (C=O) groups excluding carboxylic acids is 3. The Morgan fingerprint density at radius 3 is 2.36 bits per heavy atom. The standard InChI is InChI=1S/C18H33N3O4/c1-5-6-9-14(12-21(25)13-22)16(23)19-15(18(2,3)4)17(24)20-10-7-8-11-20/h13-15,25H,5-12H2,1-4H3,(H,19,23)/t14-,15-/m1/s1. The maximum atomic E-state index is 12.8. The summed E-state index contributed by atoms with van der Waals surface area (Å²) in [6.45, 7) is 9.20. The van der Waals surface area contributed by atoms with Crippen molar-refractivity contribution in [2.45, 2.75) is 65.8 Å². The molecule has 0 aromatic rings. The third kappa shape index (κ3) is 6.65. The van der Waals surface area contributed by atoms with Gasteiger partial charge in [0.15, 0.2) is 0 Å². The molecule has 0 radical (unpaired) electrons. The van der Waals surface area contributed by atoms with E-state index in [1.165, 1.54) is 0 Å². The molecule has 3 amide bonds. The van der Waals surface area contributed by atoms with Gasteiger partial charge < -0.3 is 10.2 Å². The Hall–Kier alpha value is -1.63. The van der Waals surface area contributed by atoms with Gasteiger partial charge >= 0.3 is 0 Å². The molecule has 1 rings (SSSR count). The number of rotatable bonds is 9. The Bertz CT molecular complexity index is 456. The predicted molar refractivity (Wildman–Crippen MR) is 94.8 cm³/mol. The highest BCUT2D eigenvalue weighted by atomic mass is 16.5. The Kier molecular flexibility index (Phi) is 8.35. The number of likely N-dealkylation sites (tertiary alicyclic amines) is 1. The van der Waals surface area contributed by atoms with E-state index < -0.39 is 17.4 Å². The second-order valence-corrected chi connectivity index (χ2v) is 7.91. The molecule has 0 aromatic heterocycles. The number of nitrogens with one attached hydrogen (secondary N) is 1. The molecule has 7 heteroatoms. The lowest BCUT2D eigenvalue weighted by Gasteiger charge is -2.34. The Morgan fingerprint density at radius 1 is 1.28 bits per heavy atom. The van der Waals surface area contributed by atoms with E-state index in [1.54, 1.807) is 4.90 Å². The molecule has 0 aromatic carbocycles. The molecular formula is C18H33N3O4. The summed E-state index contributed by atoms with van der Waals surface area (Å²) in [5.74, 6) is -0.878. The van der Waals surface area contributed by atoms with Crippen LogP contribution in [-0.4, -0.2) is 59.1 Å². The largest absolute Gasteiger partial charge is 0.344 e. The number of amides is 3. The van der Waals surface area contributed by atoms with Crippen LogP contribution in [-0.2, 0) is 14.4 Å². The maximum absolute atomic E-state index is 12.8. The van der Waals surface area contributed by atoms with E-state index in [0.717, 1.165) is 38.8 Å². The topological polar surface area (TPSA) is 90.0 Å². The third-order valence-electron chi connectivity index (χ3n) is 4.62. The fraction of sp³-hybridized carbons (Fsp3) is 0.833. The number of hydrogen-bond acceptors (Lipinski definition) is 4. The second kappa shape index (κ2) is 9.75. The van der Waals surface area contributed by atoms with E-state index in [0.29, 0.717) is 17.9 Å². The van der Waals surface area contributed by atoms with Gasteiger partial charge in [-0.15, -0.1) is 0 Å². The fourth-order valence-electron chi connectivity index (χ4n) is 3.05. The minimum Gasteiger partial charge on any atom is -0.344 e. The smallest absolute Gasteiger partial charge is 0.245 e. The molecule has 144 valence electrons. The van der Waals surface area contributed by atoms with Crippen LogP contribution < -0.4 is 5.32 Å². The SMILES string of the molecule is CCCC[C@H](CN(O)C=O)C(=O)N[C@H](C(=O)N1CCCC1)C(C)(C)C. The van der Waals surface area contributed by atoms with E-state index >= 15 is 0 Å². The average molecular weight is 355 g/mol. The van der Waals surface area contributed by atoms with Crippen LogP contribution in [0.1, 0.15) is 59.8 Å². The third-order valence-corrected chi connectivity index (χ3v) is 4.62. The molecular weight excluding hydrogens is 322 g/mol. The summed E-state index contributed by atoms with van der Waals surface area (Å²) >= 11 is 0. The lowest BCUT2D eigenvalue weighted by Crippen LogP contribution is -2.56. The van der Waals surface area contributed by atoms with Crippen molar-refractivity contribution in [1.29, 1.82) is 0 Å². The van der Waals surface area contributed by atoms with Gasteiger partial charge in [0.1, 0.15) is 6.04 Å². The van der Waals surface area contributed by atoms with Gasteiger partial charge in [-0.05, 0) is 24.7 Å². The predicted octanol–water partition coefficient (Wildman–Crippen LogP) is 1.79. The number of carbonyl (C=O) groups is 3. The van der Waals surface area contributed by atoms with Crippen molar-refractivity contribution < 1.29 is 19.6 Å². The van der Waals surface area contributed by atoms with Gasteiger partial charge in [0.05, 0.1) is 12.5 Å². The van der Waals surface area contributed by atoms with Crippen LogP contribution in [0, 0.1) is 11.3 Å². The van der Waals surface area contributed by atoms with Crippen LogP contribution in [0.3, 0.4) is 0 Å². The van der Waals surface area contributed by atoms with Crippen molar-refractivity contribution in [2.75, 3.05) is 19.6 Å². The van der Waals surface area contributed by atoms with Crippen molar-refractivity contribution in [2.24, 2.45) is 11.3 Å². The van der Waals surface area contributed by atoms with Crippen LogP contribution in [0.4, 0.5) is 0 Å². The highest BCUT2D eigenvalue weighted by Gasteiger charge is 2.37. The van der Waals surface area contributed by atoms with Crippen LogP contribution in [0.5, 0.6) is 0 Å². The molecule has 0 unspecified atom stereocenters. The van der Waals surface area contributed by atoms with E-state index in [9.17, 15) is 19.6 Å². The van der Waals surface area contributed by atoms with Gasteiger partial charge in [-0.2, -0.15) is 0 Å².